The van der Waals surface area contributed by atoms with Gasteiger partial charge in [-0.25, -0.2) is 0 Å². The number of aromatic nitrogens is 1. The van der Waals surface area contributed by atoms with Gasteiger partial charge in [0.25, 0.3) is 0 Å². The van der Waals surface area contributed by atoms with Crippen LogP contribution in [-0.4, -0.2) is 36.1 Å². The van der Waals surface area contributed by atoms with Crippen molar-refractivity contribution >= 4 is 35.7 Å². The lowest BCUT2D eigenvalue weighted by Crippen LogP contribution is -2.45. The van der Waals surface area contributed by atoms with E-state index in [0.717, 1.165) is 26.2 Å². The molecule has 1 saturated heterocycles. The summed E-state index contributed by atoms with van der Waals surface area (Å²) in [5.74, 6) is 0. The summed E-state index contributed by atoms with van der Waals surface area (Å²) in [6.45, 7) is 6.85. The molecule has 3 nitrogen and oxygen atoms in total. The summed E-state index contributed by atoms with van der Waals surface area (Å²) in [4.78, 5) is 5.99. The molecule has 0 aliphatic carbocycles. The zero-order chi connectivity index (χ0) is 13.8. The van der Waals surface area contributed by atoms with Crippen LogP contribution in [0.5, 0.6) is 0 Å². The SMILES string of the molecule is CCCC[C@H](c1ccc2cc[nH]c2c1)N1CCNCC1.Cl.Cl. The zero-order valence-electron chi connectivity index (χ0n) is 13.2. The maximum absolute atomic E-state index is 3.45. The molecule has 1 aromatic carbocycles. The molecule has 1 aromatic heterocycles. The lowest BCUT2D eigenvalue weighted by Gasteiger charge is -2.35. The average Bonchev–Trinajstić information content (AvgIpc) is 2.96. The number of benzene rings is 1. The highest BCUT2D eigenvalue weighted by Crippen LogP contribution is 2.28. The van der Waals surface area contributed by atoms with Crippen LogP contribution in [0.4, 0.5) is 0 Å². The normalized spacial score (nSPS) is 16.8. The first-order valence-corrected chi connectivity index (χ1v) is 7.90. The van der Waals surface area contributed by atoms with Gasteiger partial charge in [0.15, 0.2) is 0 Å². The van der Waals surface area contributed by atoms with E-state index in [0.29, 0.717) is 6.04 Å². The number of rotatable bonds is 5. The molecule has 2 heterocycles. The molecule has 0 saturated carbocycles. The van der Waals surface area contributed by atoms with Gasteiger partial charge in [-0.1, -0.05) is 31.9 Å². The number of nitrogens with one attached hydrogen (secondary N) is 2. The Hall–Kier alpha value is -0.740. The number of nitrogens with zero attached hydrogens (tertiary/aromatic N) is 1. The molecule has 5 heteroatoms. The average molecular weight is 344 g/mol. The zero-order valence-corrected chi connectivity index (χ0v) is 14.8. The first-order valence-electron chi connectivity index (χ1n) is 7.90. The summed E-state index contributed by atoms with van der Waals surface area (Å²) in [6, 6.07) is 9.63. The third-order valence-electron chi connectivity index (χ3n) is 4.39. The monoisotopic (exact) mass is 343 g/mol. The van der Waals surface area contributed by atoms with Crippen LogP contribution >= 0.6 is 24.8 Å². The van der Waals surface area contributed by atoms with Crippen LogP contribution in [0.3, 0.4) is 0 Å². The molecule has 124 valence electrons. The first-order chi connectivity index (χ1) is 9.88. The fourth-order valence-corrected chi connectivity index (χ4v) is 3.22. The fraction of sp³-hybridized carbons (Fsp3) is 0.529. The van der Waals surface area contributed by atoms with Crippen LogP contribution < -0.4 is 5.32 Å². The van der Waals surface area contributed by atoms with Crippen molar-refractivity contribution in [2.24, 2.45) is 0 Å². The van der Waals surface area contributed by atoms with Gasteiger partial charge in [0.1, 0.15) is 0 Å². The van der Waals surface area contributed by atoms with Crippen molar-refractivity contribution in [3.8, 4) is 0 Å². The molecular formula is C17H27Cl2N3. The molecule has 1 atom stereocenters. The van der Waals surface area contributed by atoms with Crippen molar-refractivity contribution in [2.45, 2.75) is 32.2 Å². The second-order valence-electron chi connectivity index (χ2n) is 5.77. The van der Waals surface area contributed by atoms with E-state index in [1.54, 1.807) is 0 Å². The van der Waals surface area contributed by atoms with Crippen molar-refractivity contribution < 1.29 is 0 Å². The molecule has 0 unspecified atom stereocenters. The Morgan fingerprint density at radius 1 is 1.14 bits per heavy atom. The first kappa shape index (κ1) is 19.3. The van der Waals surface area contributed by atoms with Gasteiger partial charge in [-0.15, -0.1) is 24.8 Å². The number of piperazine rings is 1. The van der Waals surface area contributed by atoms with E-state index in [1.165, 1.54) is 35.7 Å². The number of fused-ring (bicyclic) bond motifs is 1. The number of H-pyrrole nitrogens is 1. The van der Waals surface area contributed by atoms with Crippen molar-refractivity contribution in [3.63, 3.8) is 0 Å². The van der Waals surface area contributed by atoms with Gasteiger partial charge in [-0.2, -0.15) is 0 Å². The van der Waals surface area contributed by atoms with E-state index in [1.807, 2.05) is 6.20 Å². The Morgan fingerprint density at radius 2 is 1.91 bits per heavy atom. The van der Waals surface area contributed by atoms with E-state index < -0.39 is 0 Å². The number of aromatic amines is 1. The highest BCUT2D eigenvalue weighted by atomic mass is 35.5. The van der Waals surface area contributed by atoms with Gasteiger partial charge < -0.3 is 10.3 Å². The number of hydrogen-bond acceptors (Lipinski definition) is 2. The predicted molar refractivity (Wildman–Crippen MR) is 99.5 cm³/mol. The number of halogens is 2. The van der Waals surface area contributed by atoms with E-state index in [4.69, 9.17) is 0 Å². The molecule has 3 rings (SSSR count). The molecule has 0 spiro atoms. The topological polar surface area (TPSA) is 31.1 Å². The third kappa shape index (κ3) is 4.39. The highest BCUT2D eigenvalue weighted by molar-refractivity contribution is 5.85. The van der Waals surface area contributed by atoms with Crippen molar-refractivity contribution in [1.29, 1.82) is 0 Å². The Balaban J connectivity index is 0.00000121. The van der Waals surface area contributed by atoms with Crippen LogP contribution in [0.15, 0.2) is 30.5 Å². The van der Waals surface area contributed by atoms with Crippen molar-refractivity contribution in [2.75, 3.05) is 26.2 Å². The minimum Gasteiger partial charge on any atom is -0.361 e. The summed E-state index contributed by atoms with van der Waals surface area (Å²) in [5, 5.41) is 4.76. The second-order valence-corrected chi connectivity index (χ2v) is 5.77. The Morgan fingerprint density at radius 3 is 2.64 bits per heavy atom. The molecule has 0 amide bonds. The summed E-state index contributed by atoms with van der Waals surface area (Å²) >= 11 is 0. The highest BCUT2D eigenvalue weighted by Gasteiger charge is 2.21. The third-order valence-corrected chi connectivity index (χ3v) is 4.39. The van der Waals surface area contributed by atoms with Gasteiger partial charge in [0.2, 0.25) is 0 Å². The van der Waals surface area contributed by atoms with Gasteiger partial charge in [0, 0.05) is 43.9 Å². The summed E-state index contributed by atoms with van der Waals surface area (Å²) in [5.41, 5.74) is 2.73. The molecule has 22 heavy (non-hydrogen) atoms. The quantitative estimate of drug-likeness (QED) is 0.854. The molecule has 1 aliphatic rings. The van der Waals surface area contributed by atoms with Crippen molar-refractivity contribution in [1.82, 2.24) is 15.2 Å². The van der Waals surface area contributed by atoms with E-state index in [2.05, 4.69) is 46.4 Å². The summed E-state index contributed by atoms with van der Waals surface area (Å²) < 4.78 is 0. The lowest BCUT2D eigenvalue weighted by atomic mass is 9.98. The van der Waals surface area contributed by atoms with Crippen molar-refractivity contribution in [3.05, 3.63) is 36.0 Å². The largest absolute Gasteiger partial charge is 0.361 e. The van der Waals surface area contributed by atoms with E-state index >= 15 is 0 Å². The molecule has 1 aliphatic heterocycles. The maximum atomic E-state index is 3.45. The molecule has 1 fully saturated rings. The van der Waals surface area contributed by atoms with Gasteiger partial charge >= 0.3 is 0 Å². The molecule has 0 radical (unpaired) electrons. The molecular weight excluding hydrogens is 317 g/mol. The smallest absolute Gasteiger partial charge is 0.0457 e. The Kier molecular flexibility index (Phi) is 8.26. The summed E-state index contributed by atoms with van der Waals surface area (Å²) in [6.07, 6.45) is 5.87. The predicted octanol–water partition coefficient (Wildman–Crippen LogP) is 4.15. The van der Waals surface area contributed by atoms with Crippen LogP contribution in [0, 0.1) is 0 Å². The molecule has 0 bridgehead atoms. The van der Waals surface area contributed by atoms with Crippen LogP contribution in [0.25, 0.3) is 10.9 Å². The van der Waals surface area contributed by atoms with Gasteiger partial charge in [-0.05, 0) is 29.5 Å². The van der Waals surface area contributed by atoms with Crippen LogP contribution in [0.1, 0.15) is 37.8 Å². The van der Waals surface area contributed by atoms with E-state index in [9.17, 15) is 0 Å². The second kappa shape index (κ2) is 9.41. The minimum atomic E-state index is 0. The molecule has 2 N–H and O–H groups in total. The maximum Gasteiger partial charge on any atom is 0.0457 e. The minimum absolute atomic E-state index is 0. The molecule has 2 aromatic rings. The Labute approximate surface area is 145 Å². The number of unbranched alkanes of at least 4 members (excludes halogenated alkanes) is 1. The van der Waals surface area contributed by atoms with Gasteiger partial charge in [-0.3, -0.25) is 4.90 Å². The van der Waals surface area contributed by atoms with Crippen LogP contribution in [-0.2, 0) is 0 Å². The number of hydrogen-bond donors (Lipinski definition) is 2. The van der Waals surface area contributed by atoms with Gasteiger partial charge in [0.05, 0.1) is 0 Å². The lowest BCUT2D eigenvalue weighted by molar-refractivity contribution is 0.163. The van der Waals surface area contributed by atoms with Crippen LogP contribution in [0.2, 0.25) is 0 Å². The Bertz CT molecular complexity index is 550. The summed E-state index contributed by atoms with van der Waals surface area (Å²) in [7, 11) is 0. The fourth-order valence-electron chi connectivity index (χ4n) is 3.22. The van der Waals surface area contributed by atoms with E-state index in [-0.39, 0.29) is 24.8 Å². The standard InChI is InChI=1S/C17H25N3.2ClH/c1-2-3-4-17(20-11-9-18-10-12-20)15-6-5-14-7-8-19-16(14)13-15;;/h5-8,13,17-19H,2-4,9-12H2,1H3;2*1H/t17-;;/m1../s1.